The summed E-state index contributed by atoms with van der Waals surface area (Å²) in [7, 11) is -6.51. The van der Waals surface area contributed by atoms with Gasteiger partial charge in [0.05, 0.1) is 12.2 Å². The maximum atomic E-state index is 13.5. The van der Waals surface area contributed by atoms with Crippen molar-refractivity contribution in [1.82, 2.24) is 0 Å². The van der Waals surface area contributed by atoms with Crippen LogP contribution in [0, 0.1) is 29.6 Å². The fourth-order valence-electron chi connectivity index (χ4n) is 6.36. The van der Waals surface area contributed by atoms with Crippen LogP contribution in [-0.4, -0.2) is 48.9 Å². The van der Waals surface area contributed by atoms with Crippen LogP contribution in [0.25, 0.3) is 0 Å². The molecule has 0 aromatic rings. The van der Waals surface area contributed by atoms with Gasteiger partial charge in [0.1, 0.15) is 5.60 Å². The number of halogens is 4. The third-order valence-electron chi connectivity index (χ3n) is 7.67. The SMILES string of the molecule is C=C(COCCCC(F)(F)C(F)(F)S(=O)(=O)[O-])C(=O)OC1(C(C)C)C2CC3CC(C2)CC1C3. The molecule has 4 saturated carbocycles. The summed E-state index contributed by atoms with van der Waals surface area (Å²) in [5.74, 6) is -3.56. The van der Waals surface area contributed by atoms with Gasteiger partial charge in [0.25, 0.3) is 0 Å². The molecule has 11 heteroatoms. The van der Waals surface area contributed by atoms with Gasteiger partial charge in [-0.05, 0) is 68.1 Å². The quantitative estimate of drug-likeness (QED) is 0.137. The average Bonchev–Trinajstić information content (AvgIpc) is 2.68. The molecule has 4 bridgehead atoms. The molecule has 0 amide bonds. The number of hydrogen-bond acceptors (Lipinski definition) is 6. The monoisotopic (exact) mass is 499 g/mol. The Bertz CT molecular complexity index is 842. The summed E-state index contributed by atoms with van der Waals surface area (Å²) in [6.07, 6.45) is 3.20. The normalized spacial score (nSPS) is 31.8. The molecule has 4 aliphatic rings. The molecular weight excluding hydrogens is 468 g/mol. The van der Waals surface area contributed by atoms with Crippen molar-refractivity contribution in [3.05, 3.63) is 12.2 Å². The third kappa shape index (κ3) is 4.82. The predicted molar refractivity (Wildman–Crippen MR) is 109 cm³/mol. The zero-order chi connectivity index (χ0) is 24.8. The number of ether oxygens (including phenoxy) is 2. The van der Waals surface area contributed by atoms with E-state index in [9.17, 15) is 35.3 Å². The summed E-state index contributed by atoms with van der Waals surface area (Å²) in [4.78, 5) is 12.8. The van der Waals surface area contributed by atoms with E-state index < -0.39 is 52.3 Å². The second-order valence-electron chi connectivity index (χ2n) is 10.1. The van der Waals surface area contributed by atoms with Crippen LogP contribution in [0.5, 0.6) is 0 Å². The molecular formula is C22H31F4O6S-. The van der Waals surface area contributed by atoms with E-state index in [-0.39, 0.29) is 18.1 Å². The number of carbonyl (C=O) groups is 1. The van der Waals surface area contributed by atoms with Gasteiger partial charge in [-0.25, -0.2) is 13.2 Å². The Balaban J connectivity index is 1.50. The first-order valence-electron chi connectivity index (χ1n) is 11.3. The standard InChI is InChI=1S/C22H32F4O6S/c1-13(2)21(17-8-15-7-16(10-17)11-18(21)9-15)32-19(27)14(3)12-31-6-4-5-20(23,24)22(25,26)33(28,29)30/h13,15-18H,3-12H2,1-2H3,(H,28,29,30)/p-1. The van der Waals surface area contributed by atoms with Crippen LogP contribution in [-0.2, 0) is 24.4 Å². The maximum absolute atomic E-state index is 13.5. The van der Waals surface area contributed by atoms with Gasteiger partial charge in [-0.3, -0.25) is 0 Å². The van der Waals surface area contributed by atoms with Gasteiger partial charge >= 0.3 is 17.1 Å². The van der Waals surface area contributed by atoms with Gasteiger partial charge in [-0.15, -0.1) is 0 Å². The fraction of sp³-hybridized carbons (Fsp3) is 0.864. The molecule has 0 aromatic carbocycles. The van der Waals surface area contributed by atoms with Crippen molar-refractivity contribution in [3.63, 3.8) is 0 Å². The molecule has 4 aliphatic carbocycles. The lowest BCUT2D eigenvalue weighted by atomic mass is 9.47. The summed E-state index contributed by atoms with van der Waals surface area (Å²) in [5, 5.41) is -5.71. The second kappa shape index (κ2) is 9.11. The average molecular weight is 500 g/mol. The van der Waals surface area contributed by atoms with Gasteiger partial charge in [0.15, 0.2) is 10.1 Å². The number of alkyl halides is 4. The zero-order valence-corrected chi connectivity index (χ0v) is 19.6. The molecule has 0 N–H and O–H groups in total. The van der Waals surface area contributed by atoms with Crippen LogP contribution in [0.2, 0.25) is 0 Å². The maximum Gasteiger partial charge on any atom is 0.396 e. The van der Waals surface area contributed by atoms with Crippen LogP contribution in [0.3, 0.4) is 0 Å². The summed E-state index contributed by atoms with van der Waals surface area (Å²) >= 11 is 0. The number of esters is 1. The van der Waals surface area contributed by atoms with Crippen molar-refractivity contribution < 1.29 is 44.8 Å². The van der Waals surface area contributed by atoms with Gasteiger partial charge in [0, 0.05) is 13.0 Å². The van der Waals surface area contributed by atoms with Crippen LogP contribution in [0.1, 0.15) is 58.8 Å². The molecule has 4 fully saturated rings. The minimum absolute atomic E-state index is 0.0111. The van der Waals surface area contributed by atoms with Gasteiger partial charge < -0.3 is 14.0 Å². The van der Waals surface area contributed by atoms with Crippen molar-refractivity contribution in [2.45, 2.75) is 75.6 Å². The van der Waals surface area contributed by atoms with Crippen LogP contribution in [0.15, 0.2) is 12.2 Å². The number of carbonyl (C=O) groups excluding carboxylic acids is 1. The Kier molecular flexibility index (Phi) is 7.29. The largest absolute Gasteiger partial charge is 0.743 e. The molecule has 4 rings (SSSR count). The van der Waals surface area contributed by atoms with Crippen LogP contribution in [0.4, 0.5) is 17.6 Å². The summed E-state index contributed by atoms with van der Waals surface area (Å²) in [5.41, 5.74) is -0.576. The van der Waals surface area contributed by atoms with Crippen molar-refractivity contribution in [2.24, 2.45) is 29.6 Å². The molecule has 6 nitrogen and oxygen atoms in total. The summed E-state index contributed by atoms with van der Waals surface area (Å²) in [6, 6.07) is 0. The minimum Gasteiger partial charge on any atom is -0.743 e. The topological polar surface area (TPSA) is 92.7 Å². The molecule has 0 heterocycles. The van der Waals surface area contributed by atoms with E-state index in [1.807, 2.05) is 13.8 Å². The van der Waals surface area contributed by atoms with E-state index in [0.29, 0.717) is 23.7 Å². The first-order valence-corrected chi connectivity index (χ1v) is 12.7. The Morgan fingerprint density at radius 2 is 1.61 bits per heavy atom. The van der Waals surface area contributed by atoms with E-state index in [0.717, 1.165) is 25.7 Å². The van der Waals surface area contributed by atoms with Crippen molar-refractivity contribution in [1.29, 1.82) is 0 Å². The van der Waals surface area contributed by atoms with E-state index in [1.54, 1.807) is 0 Å². The molecule has 0 atom stereocenters. The summed E-state index contributed by atoms with van der Waals surface area (Å²) in [6.45, 7) is 6.96. The Labute approximate surface area is 191 Å². The lowest BCUT2D eigenvalue weighted by Crippen LogP contribution is -2.62. The lowest BCUT2D eigenvalue weighted by molar-refractivity contribution is -0.222. The Morgan fingerprint density at radius 3 is 2.06 bits per heavy atom. The highest BCUT2D eigenvalue weighted by Crippen LogP contribution is 2.61. The molecule has 0 radical (unpaired) electrons. The van der Waals surface area contributed by atoms with Crippen LogP contribution < -0.4 is 0 Å². The molecule has 0 spiro atoms. The predicted octanol–water partition coefficient (Wildman–Crippen LogP) is 4.51. The van der Waals surface area contributed by atoms with Crippen molar-refractivity contribution in [3.8, 4) is 0 Å². The van der Waals surface area contributed by atoms with E-state index in [4.69, 9.17) is 9.47 Å². The molecule has 0 unspecified atom stereocenters. The Morgan fingerprint density at radius 1 is 1.09 bits per heavy atom. The van der Waals surface area contributed by atoms with E-state index in [2.05, 4.69) is 6.58 Å². The minimum atomic E-state index is -6.51. The molecule has 0 aromatic heterocycles. The third-order valence-corrected chi connectivity index (χ3v) is 8.60. The molecule has 0 aliphatic heterocycles. The highest BCUT2D eigenvalue weighted by atomic mass is 32.2. The highest BCUT2D eigenvalue weighted by Gasteiger charge is 2.62. The lowest BCUT2D eigenvalue weighted by Gasteiger charge is -2.61. The number of hydrogen-bond donors (Lipinski definition) is 0. The highest BCUT2D eigenvalue weighted by molar-refractivity contribution is 7.86. The van der Waals surface area contributed by atoms with E-state index >= 15 is 0 Å². The van der Waals surface area contributed by atoms with Crippen LogP contribution >= 0.6 is 0 Å². The zero-order valence-electron chi connectivity index (χ0n) is 18.8. The smallest absolute Gasteiger partial charge is 0.396 e. The van der Waals surface area contributed by atoms with Gasteiger partial charge in [-0.1, -0.05) is 20.4 Å². The fourth-order valence-corrected chi connectivity index (χ4v) is 6.83. The van der Waals surface area contributed by atoms with Gasteiger partial charge in [0.2, 0.25) is 0 Å². The summed E-state index contributed by atoms with van der Waals surface area (Å²) < 4.78 is 95.6. The molecule has 190 valence electrons. The first kappa shape index (κ1) is 26.4. The van der Waals surface area contributed by atoms with Gasteiger partial charge in [-0.2, -0.15) is 17.6 Å². The first-order chi connectivity index (χ1) is 15.1. The molecule has 0 saturated heterocycles. The van der Waals surface area contributed by atoms with Crippen molar-refractivity contribution >= 4 is 16.1 Å². The second-order valence-corrected chi connectivity index (χ2v) is 11.6. The molecule has 33 heavy (non-hydrogen) atoms. The number of rotatable bonds is 11. The van der Waals surface area contributed by atoms with Crippen molar-refractivity contribution in [2.75, 3.05) is 13.2 Å². The Hall–Kier alpha value is -1.20. The van der Waals surface area contributed by atoms with E-state index in [1.165, 1.54) is 6.42 Å².